The Morgan fingerprint density at radius 1 is 0.338 bits per heavy atom. The summed E-state index contributed by atoms with van der Waals surface area (Å²) in [5, 5.41) is 6.11. The Morgan fingerprint density at radius 3 is 1.71 bits per heavy atom. The lowest BCUT2D eigenvalue weighted by Gasteiger charge is -2.31. The van der Waals surface area contributed by atoms with Crippen LogP contribution in [0.15, 0.2) is 235 Å². The number of rotatable bonds is 6. The van der Waals surface area contributed by atoms with Crippen LogP contribution in [0.5, 0.6) is 0 Å². The van der Waals surface area contributed by atoms with Crippen LogP contribution in [0.25, 0.3) is 74.5 Å². The topological polar surface area (TPSA) is 19.6 Å². The SMILES string of the molecule is c1ccc(N(c2ccc3c(c2)-c2c(sc4ccccc24)[C@@]32c3ccccc3-c3cc(N(c4ccccc4)c4cccc5c4sc4ccccc45)ccc32)c2ccc3oc4ccccc4c3c2)cc1. The van der Waals surface area contributed by atoms with Crippen LogP contribution in [0.4, 0.5) is 34.1 Å². The molecule has 0 saturated heterocycles. The van der Waals surface area contributed by atoms with E-state index in [1.807, 2.05) is 28.7 Å². The third kappa shape index (κ3) is 5.23. The van der Waals surface area contributed by atoms with E-state index in [2.05, 4.69) is 234 Å². The van der Waals surface area contributed by atoms with Gasteiger partial charge in [0, 0.05) is 75.2 Å². The fraction of sp³-hybridized carbons (Fsp3) is 0.0159. The van der Waals surface area contributed by atoms with Crippen molar-refractivity contribution in [3.8, 4) is 22.3 Å². The predicted octanol–water partition coefficient (Wildman–Crippen LogP) is 18.5. The van der Waals surface area contributed by atoms with E-state index in [4.69, 9.17) is 4.42 Å². The minimum atomic E-state index is -0.507. The summed E-state index contributed by atoms with van der Waals surface area (Å²) in [4.78, 5) is 6.25. The highest BCUT2D eigenvalue weighted by Gasteiger charge is 2.53. The Balaban J connectivity index is 0.961. The zero-order chi connectivity index (χ0) is 44.5. The zero-order valence-corrected chi connectivity index (χ0v) is 38.2. The van der Waals surface area contributed by atoms with E-state index in [0.717, 1.165) is 50.4 Å². The van der Waals surface area contributed by atoms with Gasteiger partial charge < -0.3 is 14.2 Å². The summed E-state index contributed by atoms with van der Waals surface area (Å²) in [7, 11) is 0. The van der Waals surface area contributed by atoms with E-state index in [9.17, 15) is 0 Å². The van der Waals surface area contributed by atoms with Crippen LogP contribution in [-0.2, 0) is 5.41 Å². The highest BCUT2D eigenvalue weighted by Crippen LogP contribution is 2.67. The van der Waals surface area contributed by atoms with Gasteiger partial charge in [-0.25, -0.2) is 0 Å². The van der Waals surface area contributed by atoms with Crippen molar-refractivity contribution in [3.63, 3.8) is 0 Å². The van der Waals surface area contributed by atoms with Gasteiger partial charge >= 0.3 is 0 Å². The highest BCUT2D eigenvalue weighted by atomic mass is 32.1. The van der Waals surface area contributed by atoms with Crippen molar-refractivity contribution in [3.05, 3.63) is 252 Å². The Kier molecular flexibility index (Phi) is 8.03. The smallest absolute Gasteiger partial charge is 0.135 e. The third-order valence-corrected chi connectivity index (χ3v) is 16.9. The van der Waals surface area contributed by atoms with Crippen LogP contribution >= 0.6 is 22.7 Å². The quantitative estimate of drug-likeness (QED) is 0.166. The van der Waals surface area contributed by atoms with Crippen LogP contribution in [0.1, 0.15) is 21.6 Å². The molecule has 10 aromatic carbocycles. The molecule has 68 heavy (non-hydrogen) atoms. The maximum atomic E-state index is 6.32. The van der Waals surface area contributed by atoms with Crippen molar-refractivity contribution in [2.45, 2.75) is 5.41 Å². The Morgan fingerprint density at radius 2 is 0.897 bits per heavy atom. The van der Waals surface area contributed by atoms with Crippen LogP contribution in [0, 0.1) is 0 Å². The van der Waals surface area contributed by atoms with Gasteiger partial charge in [0.2, 0.25) is 0 Å². The lowest BCUT2D eigenvalue weighted by molar-refractivity contribution is 0.669. The second-order valence-corrected chi connectivity index (χ2v) is 20.0. The second-order valence-electron chi connectivity index (χ2n) is 17.9. The standard InChI is InChI=1S/C63H38N2OS2/c1-3-16-39(17-4-1)64(42-32-35-57-50(37-42)45-21-8-12-27-56(45)66-57)41-30-34-54-51(38-41)60-48-23-10-14-29-59(48)68-62(60)63(54)52-25-11-7-20-44(52)49-36-43(31-33-53(49)63)65(40-18-5-2-6-19-40)55-26-15-24-47-46-22-9-13-28-58(46)67-61(47)55/h1-38H/t63-/m1/s1. The molecule has 3 nitrogen and oxygen atoms in total. The molecular weight excluding hydrogens is 865 g/mol. The minimum Gasteiger partial charge on any atom is -0.456 e. The van der Waals surface area contributed by atoms with Gasteiger partial charge in [-0.3, -0.25) is 0 Å². The summed E-state index contributed by atoms with van der Waals surface area (Å²) in [6, 6.07) is 84.8. The molecule has 1 spiro atoms. The summed E-state index contributed by atoms with van der Waals surface area (Å²) >= 11 is 3.83. The van der Waals surface area contributed by atoms with Gasteiger partial charge in [0.15, 0.2) is 0 Å². The van der Waals surface area contributed by atoms with Crippen LogP contribution in [-0.4, -0.2) is 0 Å². The number of furan rings is 1. The van der Waals surface area contributed by atoms with Crippen molar-refractivity contribution < 1.29 is 4.42 Å². The summed E-state index contributed by atoms with van der Waals surface area (Å²) in [5.41, 5.74) is 17.2. The number of thiophene rings is 2. The van der Waals surface area contributed by atoms with Crippen molar-refractivity contribution in [2.75, 3.05) is 9.80 Å². The lowest BCUT2D eigenvalue weighted by Crippen LogP contribution is -2.25. The van der Waals surface area contributed by atoms with Crippen molar-refractivity contribution >= 4 is 109 Å². The molecule has 5 heteroatoms. The molecule has 0 unspecified atom stereocenters. The van der Waals surface area contributed by atoms with Crippen LogP contribution in [0.3, 0.4) is 0 Å². The maximum absolute atomic E-state index is 6.32. The van der Waals surface area contributed by atoms with Gasteiger partial charge in [0.25, 0.3) is 0 Å². The summed E-state index contributed by atoms with van der Waals surface area (Å²) in [6.45, 7) is 0. The number of anilines is 6. The molecule has 2 aliphatic rings. The first kappa shape index (κ1) is 37.9. The van der Waals surface area contributed by atoms with Crippen molar-refractivity contribution in [1.29, 1.82) is 0 Å². The molecule has 2 aliphatic carbocycles. The largest absolute Gasteiger partial charge is 0.456 e. The molecule has 3 heterocycles. The zero-order valence-electron chi connectivity index (χ0n) is 36.6. The molecule has 0 fully saturated rings. The molecule has 0 N–H and O–H groups in total. The molecule has 3 aromatic heterocycles. The molecule has 15 rings (SSSR count). The molecule has 1 atom stereocenters. The number of hydrogen-bond donors (Lipinski definition) is 0. The first-order chi connectivity index (χ1) is 33.7. The number of benzene rings is 10. The fourth-order valence-electron chi connectivity index (χ4n) is 11.6. The molecular formula is C63H38N2OS2. The lowest BCUT2D eigenvalue weighted by atomic mass is 9.74. The van der Waals surface area contributed by atoms with Crippen LogP contribution < -0.4 is 9.80 Å². The van der Waals surface area contributed by atoms with E-state index in [-0.39, 0.29) is 0 Å². The van der Waals surface area contributed by atoms with Gasteiger partial charge in [0.1, 0.15) is 11.2 Å². The number of hydrogen-bond acceptors (Lipinski definition) is 5. The van der Waals surface area contributed by atoms with Gasteiger partial charge in [0.05, 0.1) is 15.8 Å². The number of fused-ring (bicyclic) bond motifs is 18. The molecule has 0 amide bonds. The van der Waals surface area contributed by atoms with Gasteiger partial charge in [-0.1, -0.05) is 140 Å². The molecule has 0 bridgehead atoms. The van der Waals surface area contributed by atoms with E-state index in [1.165, 1.54) is 79.8 Å². The van der Waals surface area contributed by atoms with E-state index in [1.54, 1.807) is 0 Å². The molecule has 13 aromatic rings. The van der Waals surface area contributed by atoms with Gasteiger partial charge in [-0.2, -0.15) is 0 Å². The highest BCUT2D eigenvalue weighted by molar-refractivity contribution is 7.26. The summed E-state index contributed by atoms with van der Waals surface area (Å²) < 4.78 is 10.2. The van der Waals surface area contributed by atoms with Crippen molar-refractivity contribution in [2.24, 2.45) is 0 Å². The average Bonchev–Trinajstić information content (AvgIpc) is 4.20. The third-order valence-electron chi connectivity index (χ3n) is 14.4. The minimum absolute atomic E-state index is 0.507. The molecule has 318 valence electrons. The van der Waals surface area contributed by atoms with Crippen LogP contribution in [0.2, 0.25) is 0 Å². The maximum Gasteiger partial charge on any atom is 0.135 e. The predicted molar refractivity (Wildman–Crippen MR) is 288 cm³/mol. The Hall–Kier alpha value is -8.22. The van der Waals surface area contributed by atoms with E-state index < -0.39 is 5.41 Å². The Labute approximate surface area is 400 Å². The number of para-hydroxylation sites is 3. The molecule has 0 aliphatic heterocycles. The van der Waals surface area contributed by atoms with Gasteiger partial charge in [-0.05, 0) is 124 Å². The summed E-state index contributed by atoms with van der Waals surface area (Å²) in [6.07, 6.45) is 0. The van der Waals surface area contributed by atoms with Crippen molar-refractivity contribution in [1.82, 2.24) is 0 Å². The summed E-state index contributed by atoms with van der Waals surface area (Å²) in [5.74, 6) is 0. The molecule has 0 radical (unpaired) electrons. The monoisotopic (exact) mass is 902 g/mol. The van der Waals surface area contributed by atoms with E-state index >= 15 is 0 Å². The second kappa shape index (κ2) is 14.4. The first-order valence-electron chi connectivity index (χ1n) is 23.2. The first-order valence-corrected chi connectivity index (χ1v) is 24.8. The average molecular weight is 903 g/mol. The Bertz CT molecular complexity index is 4180. The van der Waals surface area contributed by atoms with Gasteiger partial charge in [-0.15, -0.1) is 22.7 Å². The normalized spacial score (nSPS) is 14.5. The number of nitrogens with zero attached hydrogens (tertiary/aromatic N) is 2. The van der Waals surface area contributed by atoms with E-state index in [0.29, 0.717) is 0 Å². The molecule has 0 saturated carbocycles. The fourth-order valence-corrected chi connectivity index (χ4v) is 14.3.